The number of aryl methyl sites for hydroxylation is 1. The van der Waals surface area contributed by atoms with Crippen molar-refractivity contribution in [1.29, 1.82) is 0 Å². The first-order chi connectivity index (χ1) is 15.2. The summed E-state index contributed by atoms with van der Waals surface area (Å²) in [4.78, 5) is 17.9. The molecule has 0 aliphatic carbocycles. The molecular weight excluding hydrogens is 393 g/mol. The van der Waals surface area contributed by atoms with Gasteiger partial charge in [-0.25, -0.2) is 0 Å². The first kappa shape index (κ1) is 19.3. The summed E-state index contributed by atoms with van der Waals surface area (Å²) in [5, 5.41) is 2.47. The van der Waals surface area contributed by atoms with Crippen molar-refractivity contribution in [3.05, 3.63) is 82.9 Å². The lowest BCUT2D eigenvalue weighted by atomic mass is 10.1. The number of hydrogen-bond acceptors (Lipinski definition) is 3. The Bertz CT molecular complexity index is 1450. The number of alkyl halides is 1. The number of hydrogen-bond donors (Lipinski definition) is 0. The Morgan fingerprint density at radius 3 is 2.61 bits per heavy atom. The molecule has 3 heterocycles. The van der Waals surface area contributed by atoms with Crippen LogP contribution in [0.2, 0.25) is 0 Å². The van der Waals surface area contributed by atoms with Crippen molar-refractivity contribution < 1.29 is 9.13 Å². The predicted molar refractivity (Wildman–Crippen MR) is 122 cm³/mol. The van der Waals surface area contributed by atoms with E-state index >= 15 is 0 Å². The molecule has 5 nitrogen and oxygen atoms in total. The third kappa shape index (κ3) is 3.24. The van der Waals surface area contributed by atoms with Gasteiger partial charge in [0.05, 0.1) is 36.9 Å². The molecule has 0 amide bonds. The molecule has 5 rings (SSSR count). The van der Waals surface area contributed by atoms with E-state index in [0.717, 1.165) is 38.6 Å². The summed E-state index contributed by atoms with van der Waals surface area (Å²) in [6.07, 6.45) is 4.03. The van der Waals surface area contributed by atoms with Gasteiger partial charge in [0.15, 0.2) is 0 Å². The van der Waals surface area contributed by atoms with Crippen molar-refractivity contribution in [3.63, 3.8) is 0 Å². The molecule has 2 aromatic carbocycles. The van der Waals surface area contributed by atoms with Crippen molar-refractivity contribution in [2.45, 2.75) is 19.5 Å². The van der Waals surface area contributed by atoms with Crippen LogP contribution in [0.3, 0.4) is 0 Å². The Hall–Kier alpha value is -3.67. The van der Waals surface area contributed by atoms with E-state index in [2.05, 4.69) is 9.55 Å². The average Bonchev–Trinajstić information content (AvgIpc) is 3.14. The fourth-order valence-electron chi connectivity index (χ4n) is 4.28. The van der Waals surface area contributed by atoms with Crippen LogP contribution in [0.15, 0.2) is 71.8 Å². The van der Waals surface area contributed by atoms with Crippen LogP contribution in [0.1, 0.15) is 12.0 Å². The summed E-state index contributed by atoms with van der Waals surface area (Å²) in [6.45, 7) is 0.681. The molecule has 3 aromatic heterocycles. The van der Waals surface area contributed by atoms with Crippen LogP contribution >= 0.6 is 0 Å². The van der Waals surface area contributed by atoms with Crippen molar-refractivity contribution in [1.82, 2.24) is 14.1 Å². The quantitative estimate of drug-likeness (QED) is 0.395. The zero-order chi connectivity index (χ0) is 21.4. The molecule has 0 unspecified atom stereocenters. The van der Waals surface area contributed by atoms with Gasteiger partial charge in [-0.1, -0.05) is 12.1 Å². The molecule has 0 fully saturated rings. The Labute approximate surface area is 178 Å². The lowest BCUT2D eigenvalue weighted by Crippen LogP contribution is -2.20. The second-order valence-electron chi connectivity index (χ2n) is 7.58. The number of fused-ring (bicyclic) bond motifs is 5. The van der Waals surface area contributed by atoms with Gasteiger partial charge in [0, 0.05) is 35.1 Å². The first-order valence-electron chi connectivity index (χ1n) is 10.3. The number of nitrogens with zero attached hydrogens (tertiary/aromatic N) is 3. The molecule has 0 aliphatic rings. The number of ether oxygens (including phenoxy) is 1. The normalized spacial score (nSPS) is 11.5. The molecule has 6 heteroatoms. The van der Waals surface area contributed by atoms with Crippen LogP contribution in [0.25, 0.3) is 32.7 Å². The molecular formula is C25H22FN3O2. The maximum Gasteiger partial charge on any atom is 0.258 e. The number of pyridine rings is 2. The predicted octanol–water partition coefficient (Wildman–Crippen LogP) is 4.92. The minimum Gasteiger partial charge on any atom is -0.497 e. The molecule has 0 radical (unpaired) electrons. The Balaban J connectivity index is 1.67. The van der Waals surface area contributed by atoms with Gasteiger partial charge in [-0.2, -0.15) is 0 Å². The van der Waals surface area contributed by atoms with Gasteiger partial charge in [0.25, 0.3) is 5.56 Å². The third-order valence-corrected chi connectivity index (χ3v) is 5.77. The van der Waals surface area contributed by atoms with E-state index in [0.29, 0.717) is 24.9 Å². The van der Waals surface area contributed by atoms with Crippen molar-refractivity contribution >= 4 is 32.7 Å². The lowest BCUT2D eigenvalue weighted by Gasteiger charge is -2.10. The van der Waals surface area contributed by atoms with Gasteiger partial charge in [0.1, 0.15) is 5.75 Å². The van der Waals surface area contributed by atoms with Crippen molar-refractivity contribution in [3.8, 4) is 5.75 Å². The Morgan fingerprint density at radius 1 is 1.00 bits per heavy atom. The smallest absolute Gasteiger partial charge is 0.258 e. The number of rotatable bonds is 6. The third-order valence-electron chi connectivity index (χ3n) is 5.77. The molecule has 0 saturated carbocycles. The van der Waals surface area contributed by atoms with Crippen LogP contribution in [-0.2, 0) is 13.1 Å². The molecule has 0 saturated heterocycles. The monoisotopic (exact) mass is 415 g/mol. The summed E-state index contributed by atoms with van der Waals surface area (Å²) in [6, 6.07) is 17.4. The maximum absolute atomic E-state index is 13.3. The fraction of sp³-hybridized carbons (Fsp3) is 0.200. The summed E-state index contributed by atoms with van der Waals surface area (Å²) in [7, 11) is 1.63. The van der Waals surface area contributed by atoms with E-state index in [9.17, 15) is 9.18 Å². The molecule has 0 N–H and O–H groups in total. The highest BCUT2D eigenvalue weighted by atomic mass is 19.1. The minimum absolute atomic E-state index is 0.0455. The molecule has 0 atom stereocenters. The number of methoxy groups -OCH3 is 1. The lowest BCUT2D eigenvalue weighted by molar-refractivity contribution is 0.414. The summed E-state index contributed by atoms with van der Waals surface area (Å²) >= 11 is 0. The molecule has 0 spiro atoms. The fourth-order valence-corrected chi connectivity index (χ4v) is 4.28. The highest BCUT2D eigenvalue weighted by molar-refractivity contribution is 6.19. The van der Waals surface area contributed by atoms with Gasteiger partial charge in [-0.15, -0.1) is 0 Å². The van der Waals surface area contributed by atoms with Gasteiger partial charge in [-0.3, -0.25) is 14.2 Å². The summed E-state index contributed by atoms with van der Waals surface area (Å²) in [5.74, 6) is 0.786. The van der Waals surface area contributed by atoms with Gasteiger partial charge >= 0.3 is 0 Å². The largest absolute Gasteiger partial charge is 0.497 e. The molecule has 0 bridgehead atoms. The van der Waals surface area contributed by atoms with Crippen LogP contribution in [0.5, 0.6) is 5.75 Å². The summed E-state index contributed by atoms with van der Waals surface area (Å²) < 4.78 is 21.9. The highest BCUT2D eigenvalue weighted by Crippen LogP contribution is 2.32. The van der Waals surface area contributed by atoms with Crippen LogP contribution in [0, 0.1) is 0 Å². The molecule has 31 heavy (non-hydrogen) atoms. The van der Waals surface area contributed by atoms with E-state index < -0.39 is 0 Å². The zero-order valence-corrected chi connectivity index (χ0v) is 17.2. The average molecular weight is 415 g/mol. The summed E-state index contributed by atoms with van der Waals surface area (Å²) in [5.41, 5.74) is 3.75. The van der Waals surface area contributed by atoms with Crippen LogP contribution in [-0.4, -0.2) is 27.9 Å². The first-order valence-corrected chi connectivity index (χ1v) is 10.3. The molecule has 0 aliphatic heterocycles. The van der Waals surface area contributed by atoms with E-state index in [4.69, 9.17) is 4.74 Å². The SMILES string of the molecule is COc1ccc(Cn2ccc3c(ccc4c3c3ncccc3n4CCCF)c2=O)cc1. The molecule has 5 aromatic rings. The van der Waals surface area contributed by atoms with Gasteiger partial charge < -0.3 is 13.9 Å². The maximum atomic E-state index is 13.3. The van der Waals surface area contributed by atoms with E-state index in [-0.39, 0.29) is 12.2 Å². The van der Waals surface area contributed by atoms with Crippen LogP contribution in [0.4, 0.5) is 4.39 Å². The van der Waals surface area contributed by atoms with Gasteiger partial charge in [-0.05, 0) is 54.4 Å². The highest BCUT2D eigenvalue weighted by Gasteiger charge is 2.16. The van der Waals surface area contributed by atoms with Gasteiger partial charge in [0.2, 0.25) is 0 Å². The van der Waals surface area contributed by atoms with Crippen molar-refractivity contribution in [2.75, 3.05) is 13.8 Å². The zero-order valence-electron chi connectivity index (χ0n) is 17.2. The van der Waals surface area contributed by atoms with Crippen LogP contribution < -0.4 is 10.3 Å². The number of aromatic nitrogens is 3. The van der Waals surface area contributed by atoms with E-state index in [1.807, 2.05) is 60.8 Å². The number of halogens is 1. The van der Waals surface area contributed by atoms with E-state index in [1.165, 1.54) is 0 Å². The minimum atomic E-state index is -0.370. The van der Waals surface area contributed by atoms with E-state index in [1.54, 1.807) is 17.9 Å². The second kappa shape index (κ2) is 7.87. The second-order valence-corrected chi connectivity index (χ2v) is 7.58. The number of benzene rings is 2. The Morgan fingerprint density at radius 2 is 1.84 bits per heavy atom. The standard InChI is InChI=1S/C25H22FN3O2/c1-31-18-7-5-17(6-8-18)16-28-15-11-19-20(25(28)30)9-10-21-23(19)24-22(4-2-13-27-24)29(21)14-3-12-26/h2,4-11,13,15H,3,12,14,16H2,1H3. The topological polar surface area (TPSA) is 49.0 Å². The van der Waals surface area contributed by atoms with Crippen molar-refractivity contribution in [2.24, 2.45) is 0 Å². The molecule has 156 valence electrons. The Kier molecular flexibility index (Phi) is 4.90.